The number of Topliss-reactive ketones (excluding diaryl/α,β-unsaturated/α-hetero) is 2. The summed E-state index contributed by atoms with van der Waals surface area (Å²) in [5.41, 5.74) is 0. The Kier molecular flexibility index (Phi) is 19.3. The van der Waals surface area contributed by atoms with Gasteiger partial charge in [0.2, 0.25) is 5.91 Å². The molecule has 0 unspecified atom stereocenters. The zero-order valence-corrected chi connectivity index (χ0v) is 26.6. The zero-order valence-electron chi connectivity index (χ0n) is 26.6. The molecule has 0 aromatic heterocycles. The summed E-state index contributed by atoms with van der Waals surface area (Å²) >= 11 is 0. The van der Waals surface area contributed by atoms with Gasteiger partial charge in [0.05, 0.1) is 12.1 Å². The molecule has 0 aromatic carbocycles. The fourth-order valence-corrected chi connectivity index (χ4v) is 4.93. The zero-order chi connectivity index (χ0) is 30.8. The summed E-state index contributed by atoms with van der Waals surface area (Å²) in [7, 11) is 5.44. The van der Waals surface area contributed by atoms with Crippen LogP contribution in [0.15, 0.2) is 24.8 Å². The van der Waals surface area contributed by atoms with E-state index in [2.05, 4.69) is 31.1 Å². The second-order valence-electron chi connectivity index (χ2n) is 11.9. The summed E-state index contributed by atoms with van der Waals surface area (Å²) in [4.78, 5) is 52.6. The van der Waals surface area contributed by atoms with Gasteiger partial charge in [0.1, 0.15) is 12.1 Å². The van der Waals surface area contributed by atoms with Gasteiger partial charge in [-0.1, -0.05) is 72.3 Å². The van der Waals surface area contributed by atoms with E-state index in [1.165, 1.54) is 6.92 Å². The summed E-state index contributed by atoms with van der Waals surface area (Å²) in [6.07, 6.45) is 10.2. The third-order valence-corrected chi connectivity index (χ3v) is 7.12. The van der Waals surface area contributed by atoms with Crippen molar-refractivity contribution in [1.82, 2.24) is 15.5 Å². The van der Waals surface area contributed by atoms with E-state index in [1.54, 1.807) is 13.1 Å². The maximum Gasteiger partial charge on any atom is 0.302 e. The largest absolute Gasteiger partial charge is 0.460 e. The summed E-state index contributed by atoms with van der Waals surface area (Å²) < 4.78 is 5.64. The summed E-state index contributed by atoms with van der Waals surface area (Å²) in [5, 5.41) is 6.02. The van der Waals surface area contributed by atoms with Crippen LogP contribution in [0.5, 0.6) is 0 Å². The molecule has 0 fully saturated rings. The average Bonchev–Trinajstić information content (AvgIpc) is 2.86. The highest BCUT2D eigenvalue weighted by atomic mass is 16.5. The molecule has 230 valence electrons. The number of ketones is 2. The van der Waals surface area contributed by atoms with Crippen molar-refractivity contribution in [3.8, 4) is 0 Å². The third-order valence-electron chi connectivity index (χ3n) is 7.12. The van der Waals surface area contributed by atoms with Gasteiger partial charge < -0.3 is 15.4 Å². The smallest absolute Gasteiger partial charge is 0.302 e. The van der Waals surface area contributed by atoms with Crippen LogP contribution in [0.25, 0.3) is 0 Å². The van der Waals surface area contributed by atoms with Crippen LogP contribution in [0.4, 0.5) is 0 Å². The SMILES string of the molecule is C=C/C=C/C[C@@H](C)[C@@H](OC(C)=O)[C@H](C(=O)CCCCCCC(=O)[C@@H](NC(=O)[C@H](CC(C)C)NC)C(C)C)N(C)C. The normalized spacial score (nSPS) is 15.6. The molecule has 8 heteroatoms. The molecular formula is C32H57N3O5. The van der Waals surface area contributed by atoms with E-state index in [4.69, 9.17) is 4.74 Å². The molecule has 0 aliphatic carbocycles. The monoisotopic (exact) mass is 563 g/mol. The number of carbonyl (C=O) groups excluding carboxylic acids is 4. The van der Waals surface area contributed by atoms with Crippen molar-refractivity contribution < 1.29 is 23.9 Å². The van der Waals surface area contributed by atoms with Gasteiger partial charge in [0.15, 0.2) is 11.6 Å². The molecule has 0 bridgehead atoms. The van der Waals surface area contributed by atoms with Crippen molar-refractivity contribution in [2.24, 2.45) is 17.8 Å². The van der Waals surface area contributed by atoms with E-state index in [0.717, 1.165) is 12.8 Å². The van der Waals surface area contributed by atoms with Crippen LogP contribution in [0, 0.1) is 17.8 Å². The number of unbranched alkanes of at least 4 members (excludes halogenated alkanes) is 3. The molecule has 0 aliphatic heterocycles. The lowest BCUT2D eigenvalue weighted by Gasteiger charge is -2.34. The van der Waals surface area contributed by atoms with E-state index in [0.29, 0.717) is 44.4 Å². The lowest BCUT2D eigenvalue weighted by molar-refractivity contribution is -0.155. The number of esters is 1. The molecule has 0 aliphatic rings. The van der Waals surface area contributed by atoms with Crippen LogP contribution >= 0.6 is 0 Å². The van der Waals surface area contributed by atoms with Gasteiger partial charge in [-0.25, -0.2) is 0 Å². The van der Waals surface area contributed by atoms with Gasteiger partial charge in [-0.15, -0.1) is 0 Å². The lowest BCUT2D eigenvalue weighted by Crippen LogP contribution is -2.51. The van der Waals surface area contributed by atoms with Crippen molar-refractivity contribution in [3.05, 3.63) is 24.8 Å². The van der Waals surface area contributed by atoms with Crippen molar-refractivity contribution >= 4 is 23.4 Å². The molecule has 0 rings (SSSR count). The topological polar surface area (TPSA) is 105 Å². The first-order valence-electron chi connectivity index (χ1n) is 14.9. The van der Waals surface area contributed by atoms with Crippen LogP contribution in [-0.4, -0.2) is 73.7 Å². The highest BCUT2D eigenvalue weighted by molar-refractivity contribution is 5.91. The van der Waals surface area contributed by atoms with Crippen LogP contribution < -0.4 is 10.6 Å². The van der Waals surface area contributed by atoms with Crippen LogP contribution in [-0.2, 0) is 23.9 Å². The average molecular weight is 564 g/mol. The number of carbonyl (C=O) groups is 4. The number of likely N-dealkylation sites (N-methyl/N-ethyl adjacent to an activating group) is 2. The van der Waals surface area contributed by atoms with E-state index in [1.807, 2.05) is 51.9 Å². The van der Waals surface area contributed by atoms with E-state index >= 15 is 0 Å². The number of allylic oxidation sites excluding steroid dienone is 3. The maximum atomic E-state index is 13.2. The molecule has 0 radical (unpaired) electrons. The van der Waals surface area contributed by atoms with Gasteiger partial charge in [-0.2, -0.15) is 0 Å². The number of hydrogen-bond donors (Lipinski definition) is 2. The second-order valence-corrected chi connectivity index (χ2v) is 11.9. The van der Waals surface area contributed by atoms with Gasteiger partial charge in [0.25, 0.3) is 0 Å². The Bertz CT molecular complexity index is 821. The lowest BCUT2D eigenvalue weighted by atomic mass is 9.89. The fourth-order valence-electron chi connectivity index (χ4n) is 4.93. The first-order chi connectivity index (χ1) is 18.8. The number of nitrogens with zero attached hydrogens (tertiary/aromatic N) is 1. The highest BCUT2D eigenvalue weighted by Gasteiger charge is 2.35. The van der Waals surface area contributed by atoms with E-state index in [9.17, 15) is 19.2 Å². The quantitative estimate of drug-likeness (QED) is 0.110. The highest BCUT2D eigenvalue weighted by Crippen LogP contribution is 2.22. The van der Waals surface area contributed by atoms with Gasteiger partial charge >= 0.3 is 5.97 Å². The Morgan fingerprint density at radius 3 is 1.95 bits per heavy atom. The first kappa shape index (κ1) is 37.7. The molecule has 0 heterocycles. The predicted molar refractivity (Wildman–Crippen MR) is 163 cm³/mol. The van der Waals surface area contributed by atoms with Crippen molar-refractivity contribution in [3.63, 3.8) is 0 Å². The minimum absolute atomic E-state index is 0.00779. The number of nitrogens with one attached hydrogen (secondary N) is 2. The molecule has 0 spiro atoms. The molecule has 1 amide bonds. The van der Waals surface area contributed by atoms with E-state index < -0.39 is 24.2 Å². The molecule has 40 heavy (non-hydrogen) atoms. The van der Waals surface area contributed by atoms with Crippen LogP contribution in [0.2, 0.25) is 0 Å². The molecule has 0 saturated heterocycles. The maximum absolute atomic E-state index is 13.2. The standard InChI is InChI=1S/C32H57N3O5/c1-11-12-15-18-24(6)31(40-25(7)36)30(35(9)10)28(38)20-17-14-13-16-19-27(37)29(23(4)5)34-32(39)26(33-8)21-22(2)3/h11-12,15,22-24,26,29-31,33H,1,13-14,16-21H2,2-10H3,(H,34,39)/b15-12+/t24-,26+,29+,30+,31-/m1/s1. The minimum Gasteiger partial charge on any atom is -0.460 e. The molecule has 2 N–H and O–H groups in total. The number of rotatable bonds is 22. The van der Waals surface area contributed by atoms with Crippen LogP contribution in [0.1, 0.15) is 92.9 Å². The summed E-state index contributed by atoms with van der Waals surface area (Å²) in [5.74, 6) is -0.0858. The Morgan fingerprint density at radius 2 is 1.50 bits per heavy atom. The minimum atomic E-state index is -0.543. The van der Waals surface area contributed by atoms with Crippen LogP contribution in [0.3, 0.4) is 0 Å². The molecule has 0 aromatic rings. The van der Waals surface area contributed by atoms with E-state index in [-0.39, 0.29) is 35.4 Å². The third kappa shape index (κ3) is 14.9. The number of amides is 1. The van der Waals surface area contributed by atoms with Gasteiger partial charge in [-0.05, 0) is 64.6 Å². The Morgan fingerprint density at radius 1 is 0.925 bits per heavy atom. The number of hydrogen-bond acceptors (Lipinski definition) is 7. The van der Waals surface area contributed by atoms with Crippen molar-refractivity contribution in [2.45, 2.75) is 117 Å². The summed E-state index contributed by atoms with van der Waals surface area (Å²) in [6, 6.07) is -1.34. The second kappa shape index (κ2) is 20.5. The Labute approximate surface area is 243 Å². The molecule has 5 atom stereocenters. The summed E-state index contributed by atoms with van der Waals surface area (Å²) in [6.45, 7) is 15.1. The predicted octanol–water partition coefficient (Wildman–Crippen LogP) is 4.87. The first-order valence-corrected chi connectivity index (χ1v) is 14.9. The van der Waals surface area contributed by atoms with Gasteiger partial charge in [-0.3, -0.25) is 24.1 Å². The van der Waals surface area contributed by atoms with Gasteiger partial charge in [0, 0.05) is 19.8 Å². The molecular weight excluding hydrogens is 506 g/mol. The Hall–Kier alpha value is -2.32. The van der Waals surface area contributed by atoms with Crippen molar-refractivity contribution in [2.75, 3.05) is 21.1 Å². The Balaban J connectivity index is 4.90. The molecule has 8 nitrogen and oxygen atoms in total. The number of ether oxygens (including phenoxy) is 1. The fraction of sp³-hybridized carbons (Fsp3) is 0.750. The molecule has 0 saturated carbocycles. The van der Waals surface area contributed by atoms with Crippen molar-refractivity contribution in [1.29, 1.82) is 0 Å².